The summed E-state index contributed by atoms with van der Waals surface area (Å²) in [5.41, 5.74) is 0. The molecule has 0 aliphatic rings. The van der Waals surface area contributed by atoms with Crippen LogP contribution in [-0.2, 0) is 4.74 Å². The van der Waals surface area contributed by atoms with Crippen molar-refractivity contribution in [1.82, 2.24) is 0 Å². The highest BCUT2D eigenvalue weighted by Crippen LogP contribution is 2.14. The second kappa shape index (κ2) is 19.3. The Labute approximate surface area is 156 Å². The fourth-order valence-corrected chi connectivity index (χ4v) is 3.18. The van der Waals surface area contributed by atoms with Crippen molar-refractivity contribution in [2.45, 2.75) is 123 Å². The lowest BCUT2D eigenvalue weighted by Gasteiger charge is -2.03. The highest BCUT2D eigenvalue weighted by Gasteiger charge is 1.98. The zero-order valence-electron chi connectivity index (χ0n) is 16.9. The van der Waals surface area contributed by atoms with E-state index in [-0.39, 0.29) is 0 Å². The predicted octanol–water partition coefficient (Wildman–Crippen LogP) is 8.24. The molecular weight excluding hydrogens is 312 g/mol. The molecule has 0 aromatic heterocycles. The second-order valence-corrected chi connectivity index (χ2v) is 7.27. The van der Waals surface area contributed by atoms with Gasteiger partial charge in [0.05, 0.1) is 0 Å². The van der Waals surface area contributed by atoms with Crippen LogP contribution in [0.3, 0.4) is 0 Å². The third kappa shape index (κ3) is 21.0. The van der Waals surface area contributed by atoms with Gasteiger partial charge >= 0.3 is 6.16 Å². The summed E-state index contributed by atoms with van der Waals surface area (Å²) in [5.74, 6) is 0.494. The minimum atomic E-state index is -1.22. The summed E-state index contributed by atoms with van der Waals surface area (Å²) in [5, 5.41) is 8.46. The van der Waals surface area contributed by atoms with Crippen LogP contribution in [0.5, 0.6) is 0 Å². The molecule has 0 spiro atoms. The molecule has 0 aliphatic heterocycles. The SMILES string of the molecule is CCCCCCCCCCCCCCCCCCC=C(C)OC(=O)O. The van der Waals surface area contributed by atoms with E-state index in [4.69, 9.17) is 5.11 Å². The van der Waals surface area contributed by atoms with Gasteiger partial charge in [-0.1, -0.05) is 103 Å². The molecule has 0 heterocycles. The molecule has 25 heavy (non-hydrogen) atoms. The first-order chi connectivity index (χ1) is 12.2. The molecule has 0 unspecified atom stereocenters. The topological polar surface area (TPSA) is 46.5 Å². The van der Waals surface area contributed by atoms with Crippen LogP contribution in [0.4, 0.5) is 4.79 Å². The number of hydrogen-bond donors (Lipinski definition) is 1. The van der Waals surface area contributed by atoms with Crippen molar-refractivity contribution < 1.29 is 14.6 Å². The molecule has 0 atom stereocenters. The Kier molecular flexibility index (Phi) is 18.6. The van der Waals surface area contributed by atoms with Crippen LogP contribution in [0.1, 0.15) is 123 Å². The van der Waals surface area contributed by atoms with E-state index < -0.39 is 6.16 Å². The number of rotatable bonds is 18. The summed E-state index contributed by atoms with van der Waals surface area (Å²) >= 11 is 0. The van der Waals surface area contributed by atoms with E-state index in [1.165, 1.54) is 96.3 Å². The Bertz CT molecular complexity index is 323. The fraction of sp³-hybridized carbons (Fsp3) is 0.864. The molecule has 1 N–H and O–H groups in total. The highest BCUT2D eigenvalue weighted by molar-refractivity contribution is 5.58. The maximum absolute atomic E-state index is 10.3. The third-order valence-corrected chi connectivity index (χ3v) is 4.74. The Morgan fingerprint density at radius 1 is 0.720 bits per heavy atom. The Hall–Kier alpha value is -0.990. The normalized spacial score (nSPS) is 11.7. The quantitative estimate of drug-likeness (QED) is 0.153. The lowest BCUT2D eigenvalue weighted by molar-refractivity contribution is 0.119. The average molecular weight is 355 g/mol. The molecule has 0 aromatic rings. The lowest BCUT2D eigenvalue weighted by Crippen LogP contribution is -1.97. The van der Waals surface area contributed by atoms with Crippen LogP contribution in [0.15, 0.2) is 11.8 Å². The first-order valence-corrected chi connectivity index (χ1v) is 10.7. The zero-order chi connectivity index (χ0) is 18.6. The molecule has 0 aliphatic carbocycles. The predicted molar refractivity (Wildman–Crippen MR) is 107 cm³/mol. The van der Waals surface area contributed by atoms with Gasteiger partial charge in [0.25, 0.3) is 0 Å². The third-order valence-electron chi connectivity index (χ3n) is 4.74. The monoisotopic (exact) mass is 354 g/mol. The molecular formula is C22H42O3. The van der Waals surface area contributed by atoms with E-state index in [9.17, 15) is 4.79 Å². The summed E-state index contributed by atoms with van der Waals surface area (Å²) in [7, 11) is 0. The molecule has 3 heteroatoms. The highest BCUT2D eigenvalue weighted by atomic mass is 16.7. The van der Waals surface area contributed by atoms with E-state index in [1.54, 1.807) is 6.92 Å². The Balaban J connectivity index is 3.13. The standard InChI is InChI=1S/C22H42O3/c1-3-4-5-6-7-8-9-10-11-12-13-14-15-16-17-18-19-20-21(2)25-22(23)24/h20H,3-19H2,1-2H3,(H,23,24). The van der Waals surface area contributed by atoms with E-state index in [2.05, 4.69) is 11.7 Å². The van der Waals surface area contributed by atoms with E-state index in [0.29, 0.717) is 5.76 Å². The summed E-state index contributed by atoms with van der Waals surface area (Å²) in [4.78, 5) is 10.3. The molecule has 0 aromatic carbocycles. The molecule has 0 saturated carbocycles. The molecule has 0 amide bonds. The minimum absolute atomic E-state index is 0.494. The van der Waals surface area contributed by atoms with Crippen LogP contribution in [0, 0.1) is 0 Å². The molecule has 0 bridgehead atoms. The van der Waals surface area contributed by atoms with Gasteiger partial charge in [-0.25, -0.2) is 4.79 Å². The number of carboxylic acid groups (broad SMARTS) is 1. The molecule has 0 saturated heterocycles. The van der Waals surface area contributed by atoms with E-state index in [0.717, 1.165) is 12.8 Å². The van der Waals surface area contributed by atoms with E-state index in [1.807, 2.05) is 6.08 Å². The van der Waals surface area contributed by atoms with Crippen molar-refractivity contribution in [3.05, 3.63) is 11.8 Å². The summed E-state index contributed by atoms with van der Waals surface area (Å²) in [6.45, 7) is 3.97. The second-order valence-electron chi connectivity index (χ2n) is 7.27. The number of allylic oxidation sites excluding steroid dienone is 2. The van der Waals surface area contributed by atoms with Crippen LogP contribution in [0.25, 0.3) is 0 Å². The van der Waals surface area contributed by atoms with Crippen molar-refractivity contribution >= 4 is 6.16 Å². The van der Waals surface area contributed by atoms with Crippen molar-refractivity contribution in [3.63, 3.8) is 0 Å². The van der Waals surface area contributed by atoms with Crippen molar-refractivity contribution in [2.75, 3.05) is 0 Å². The Morgan fingerprint density at radius 3 is 1.44 bits per heavy atom. The smallest absolute Gasteiger partial charge is 0.449 e. The van der Waals surface area contributed by atoms with Crippen LogP contribution < -0.4 is 0 Å². The molecule has 148 valence electrons. The Morgan fingerprint density at radius 2 is 1.08 bits per heavy atom. The zero-order valence-corrected chi connectivity index (χ0v) is 16.9. The number of carbonyl (C=O) groups is 1. The number of hydrogen-bond acceptors (Lipinski definition) is 2. The summed E-state index contributed by atoms with van der Waals surface area (Å²) in [6, 6.07) is 0. The van der Waals surface area contributed by atoms with Gasteiger partial charge in [0.15, 0.2) is 0 Å². The largest absolute Gasteiger partial charge is 0.510 e. The van der Waals surface area contributed by atoms with Crippen molar-refractivity contribution in [1.29, 1.82) is 0 Å². The summed E-state index contributed by atoms with van der Waals surface area (Å²) < 4.78 is 4.56. The molecule has 0 rings (SSSR count). The first kappa shape index (κ1) is 24.0. The minimum Gasteiger partial charge on any atom is -0.449 e. The van der Waals surface area contributed by atoms with Gasteiger partial charge in [-0.2, -0.15) is 0 Å². The van der Waals surface area contributed by atoms with Crippen LogP contribution in [0.2, 0.25) is 0 Å². The molecule has 0 radical (unpaired) electrons. The first-order valence-electron chi connectivity index (χ1n) is 10.7. The van der Waals surface area contributed by atoms with Gasteiger partial charge in [-0.15, -0.1) is 0 Å². The van der Waals surface area contributed by atoms with Gasteiger partial charge in [0.2, 0.25) is 0 Å². The van der Waals surface area contributed by atoms with Gasteiger partial charge in [0, 0.05) is 0 Å². The van der Waals surface area contributed by atoms with Gasteiger partial charge in [-0.3, -0.25) is 0 Å². The van der Waals surface area contributed by atoms with Gasteiger partial charge in [0.1, 0.15) is 5.76 Å². The number of ether oxygens (including phenoxy) is 1. The van der Waals surface area contributed by atoms with Gasteiger partial charge < -0.3 is 9.84 Å². The molecule has 0 fully saturated rings. The average Bonchev–Trinajstić information content (AvgIpc) is 2.57. The molecule has 3 nitrogen and oxygen atoms in total. The van der Waals surface area contributed by atoms with Crippen molar-refractivity contribution in [2.24, 2.45) is 0 Å². The summed E-state index contributed by atoms with van der Waals surface area (Å²) in [6.07, 6.45) is 23.5. The van der Waals surface area contributed by atoms with Crippen molar-refractivity contribution in [3.8, 4) is 0 Å². The van der Waals surface area contributed by atoms with E-state index >= 15 is 0 Å². The fourth-order valence-electron chi connectivity index (χ4n) is 3.18. The van der Waals surface area contributed by atoms with Crippen LogP contribution in [-0.4, -0.2) is 11.3 Å². The number of unbranched alkanes of at least 4 members (excludes halogenated alkanes) is 16. The van der Waals surface area contributed by atoms with Gasteiger partial charge in [-0.05, 0) is 25.8 Å². The lowest BCUT2D eigenvalue weighted by atomic mass is 10.0. The maximum Gasteiger partial charge on any atom is 0.510 e. The van der Waals surface area contributed by atoms with Crippen LogP contribution >= 0.6 is 0 Å². The maximum atomic E-state index is 10.3.